The van der Waals surface area contributed by atoms with Crippen molar-refractivity contribution < 1.29 is 13.9 Å². The smallest absolute Gasteiger partial charge is 0.280 e. The number of hydrogen-bond acceptors (Lipinski definition) is 5. The number of aryl methyl sites for hydroxylation is 1. The molecule has 0 saturated heterocycles. The van der Waals surface area contributed by atoms with Crippen LogP contribution in [0, 0.1) is 6.92 Å². The highest BCUT2D eigenvalue weighted by Crippen LogP contribution is 2.23. The topological polar surface area (TPSA) is 76.7 Å². The number of rotatable bonds is 5. The fourth-order valence-corrected chi connectivity index (χ4v) is 2.19. The Hall–Kier alpha value is -3.15. The van der Waals surface area contributed by atoms with Crippen LogP contribution in [0.15, 0.2) is 58.2 Å². The Morgan fingerprint density at radius 1 is 1.29 bits per heavy atom. The molecule has 0 radical (unpaired) electrons. The number of aromatic nitrogens is 1. The Morgan fingerprint density at radius 3 is 2.92 bits per heavy atom. The summed E-state index contributed by atoms with van der Waals surface area (Å²) in [6.07, 6.45) is 2.42. The first-order chi connectivity index (χ1) is 11.6. The van der Waals surface area contributed by atoms with Crippen LogP contribution in [0.1, 0.15) is 18.4 Å². The van der Waals surface area contributed by atoms with Crippen LogP contribution in [0.4, 0.5) is 0 Å². The zero-order valence-electron chi connectivity index (χ0n) is 13.4. The van der Waals surface area contributed by atoms with Crippen molar-refractivity contribution in [3.8, 4) is 5.75 Å². The molecule has 0 bridgehead atoms. The first kappa shape index (κ1) is 15.7. The average molecular weight is 323 g/mol. The molecule has 3 aromatic rings. The number of nitrogens with zero attached hydrogens (tertiary/aromatic N) is 2. The largest absolute Gasteiger partial charge is 0.479 e. The molecule has 6 heteroatoms. The maximum absolute atomic E-state index is 12.1. The fraction of sp³-hybridized carbons (Fsp3) is 0.167. The van der Waals surface area contributed by atoms with Crippen LogP contribution in [0.5, 0.6) is 5.75 Å². The highest BCUT2D eigenvalue weighted by molar-refractivity contribution is 5.86. The highest BCUT2D eigenvalue weighted by Gasteiger charge is 2.15. The van der Waals surface area contributed by atoms with Crippen molar-refractivity contribution in [2.75, 3.05) is 0 Å². The third kappa shape index (κ3) is 3.60. The summed E-state index contributed by atoms with van der Waals surface area (Å²) in [6.45, 7) is 3.49. The number of hydrazone groups is 1. The van der Waals surface area contributed by atoms with Crippen LogP contribution in [0.2, 0.25) is 0 Å². The maximum atomic E-state index is 12.1. The van der Waals surface area contributed by atoms with Gasteiger partial charge in [-0.1, -0.05) is 18.2 Å². The molecule has 1 amide bonds. The molecule has 0 aliphatic heterocycles. The van der Waals surface area contributed by atoms with Crippen molar-refractivity contribution in [2.24, 2.45) is 5.10 Å². The van der Waals surface area contributed by atoms with E-state index < -0.39 is 6.10 Å². The summed E-state index contributed by atoms with van der Waals surface area (Å²) in [6, 6.07) is 13.0. The van der Waals surface area contributed by atoms with Gasteiger partial charge in [-0.3, -0.25) is 9.78 Å². The Kier molecular flexibility index (Phi) is 4.56. The summed E-state index contributed by atoms with van der Waals surface area (Å²) in [4.78, 5) is 16.4. The van der Waals surface area contributed by atoms with Gasteiger partial charge in [-0.2, -0.15) is 5.10 Å². The standard InChI is InChI=1S/C18H17N3O3/c1-12-8-9-15(23-12)11-20-21-18(22)13(2)24-16-7-3-5-14-6-4-10-19-17(14)16/h3-11,13H,1-2H3,(H,21,22)/b20-11-/t13-/m0/s1. The summed E-state index contributed by atoms with van der Waals surface area (Å²) in [7, 11) is 0. The van der Waals surface area contributed by atoms with Crippen LogP contribution < -0.4 is 10.2 Å². The predicted molar refractivity (Wildman–Crippen MR) is 91.0 cm³/mol. The van der Waals surface area contributed by atoms with Gasteiger partial charge in [0.05, 0.1) is 6.21 Å². The Balaban J connectivity index is 1.64. The molecule has 0 unspecified atom stereocenters. The van der Waals surface area contributed by atoms with E-state index in [1.165, 1.54) is 6.21 Å². The lowest BCUT2D eigenvalue weighted by atomic mass is 10.2. The van der Waals surface area contributed by atoms with Gasteiger partial charge in [0.15, 0.2) is 6.10 Å². The maximum Gasteiger partial charge on any atom is 0.280 e. The molecule has 2 heterocycles. The first-order valence-corrected chi connectivity index (χ1v) is 7.53. The lowest BCUT2D eigenvalue weighted by Crippen LogP contribution is -2.33. The quantitative estimate of drug-likeness (QED) is 0.578. The number of furan rings is 1. The highest BCUT2D eigenvalue weighted by atomic mass is 16.5. The molecule has 0 spiro atoms. The number of hydrogen-bond donors (Lipinski definition) is 1. The number of ether oxygens (including phenoxy) is 1. The van der Waals surface area contributed by atoms with E-state index in [1.807, 2.05) is 37.3 Å². The Labute approximate surface area is 139 Å². The van der Waals surface area contributed by atoms with E-state index in [-0.39, 0.29) is 5.91 Å². The van der Waals surface area contributed by atoms with Crippen molar-refractivity contribution in [3.63, 3.8) is 0 Å². The number of para-hydroxylation sites is 1. The molecule has 1 aromatic carbocycles. The molecule has 0 aliphatic carbocycles. The van der Waals surface area contributed by atoms with Crippen molar-refractivity contribution in [1.82, 2.24) is 10.4 Å². The zero-order valence-corrected chi connectivity index (χ0v) is 13.4. The van der Waals surface area contributed by atoms with Gasteiger partial charge in [-0.25, -0.2) is 5.43 Å². The van der Waals surface area contributed by atoms with Gasteiger partial charge < -0.3 is 9.15 Å². The number of fused-ring (bicyclic) bond motifs is 1. The molecule has 122 valence electrons. The minimum atomic E-state index is -0.715. The summed E-state index contributed by atoms with van der Waals surface area (Å²) in [5.74, 6) is 1.55. The van der Waals surface area contributed by atoms with Crippen LogP contribution in [0.25, 0.3) is 10.9 Å². The van der Waals surface area contributed by atoms with Gasteiger partial charge in [0.1, 0.15) is 22.8 Å². The van der Waals surface area contributed by atoms with E-state index in [0.29, 0.717) is 17.0 Å². The van der Waals surface area contributed by atoms with Crippen molar-refractivity contribution in [2.45, 2.75) is 20.0 Å². The lowest BCUT2D eigenvalue weighted by Gasteiger charge is -2.14. The van der Waals surface area contributed by atoms with Crippen molar-refractivity contribution >= 4 is 23.0 Å². The number of benzene rings is 1. The predicted octanol–water partition coefficient (Wildman–Crippen LogP) is 3.05. The van der Waals surface area contributed by atoms with Gasteiger partial charge in [-0.15, -0.1) is 0 Å². The number of amides is 1. The molecular formula is C18H17N3O3. The fourth-order valence-electron chi connectivity index (χ4n) is 2.19. The minimum Gasteiger partial charge on any atom is -0.479 e. The Morgan fingerprint density at radius 2 is 2.12 bits per heavy atom. The lowest BCUT2D eigenvalue weighted by molar-refractivity contribution is -0.127. The molecule has 0 saturated carbocycles. The van der Waals surface area contributed by atoms with Gasteiger partial charge >= 0.3 is 0 Å². The number of pyridine rings is 1. The molecular weight excluding hydrogens is 306 g/mol. The third-order valence-electron chi connectivity index (χ3n) is 3.40. The normalized spacial score (nSPS) is 12.4. The summed E-state index contributed by atoms with van der Waals surface area (Å²) < 4.78 is 11.1. The summed E-state index contributed by atoms with van der Waals surface area (Å²) in [5, 5.41) is 4.82. The van der Waals surface area contributed by atoms with Gasteiger partial charge in [0.25, 0.3) is 5.91 Å². The van der Waals surface area contributed by atoms with Gasteiger partial charge in [0.2, 0.25) is 0 Å². The molecule has 6 nitrogen and oxygen atoms in total. The minimum absolute atomic E-state index is 0.359. The second kappa shape index (κ2) is 6.95. The van der Waals surface area contributed by atoms with Crippen LogP contribution in [-0.4, -0.2) is 23.2 Å². The number of nitrogens with one attached hydrogen (secondary N) is 1. The molecule has 2 aromatic heterocycles. The van der Waals surface area contributed by atoms with Crippen LogP contribution in [-0.2, 0) is 4.79 Å². The van der Waals surface area contributed by atoms with E-state index in [0.717, 1.165) is 11.1 Å². The second-order valence-electron chi connectivity index (χ2n) is 5.27. The van der Waals surface area contributed by atoms with Crippen molar-refractivity contribution in [3.05, 3.63) is 60.2 Å². The van der Waals surface area contributed by atoms with E-state index in [9.17, 15) is 4.79 Å². The van der Waals surface area contributed by atoms with Gasteiger partial charge in [0, 0.05) is 11.6 Å². The van der Waals surface area contributed by atoms with E-state index >= 15 is 0 Å². The zero-order chi connectivity index (χ0) is 16.9. The SMILES string of the molecule is Cc1ccc(/C=N\NC(=O)[C@H](C)Oc2cccc3cccnc23)o1. The van der Waals surface area contributed by atoms with Crippen LogP contribution >= 0.6 is 0 Å². The molecule has 3 rings (SSSR count). The molecule has 0 aliphatic rings. The second-order valence-corrected chi connectivity index (χ2v) is 5.27. The Bertz CT molecular complexity index is 881. The number of carbonyl (C=O) groups excluding carboxylic acids is 1. The average Bonchev–Trinajstić information content (AvgIpc) is 3.00. The third-order valence-corrected chi connectivity index (χ3v) is 3.40. The first-order valence-electron chi connectivity index (χ1n) is 7.53. The summed E-state index contributed by atoms with van der Waals surface area (Å²) in [5.41, 5.74) is 3.15. The summed E-state index contributed by atoms with van der Waals surface area (Å²) >= 11 is 0. The van der Waals surface area contributed by atoms with Crippen molar-refractivity contribution in [1.29, 1.82) is 0 Å². The van der Waals surface area contributed by atoms with E-state index in [4.69, 9.17) is 9.15 Å². The van der Waals surface area contributed by atoms with Gasteiger partial charge in [-0.05, 0) is 38.1 Å². The van der Waals surface area contributed by atoms with E-state index in [2.05, 4.69) is 15.5 Å². The monoisotopic (exact) mass is 323 g/mol. The molecule has 0 fully saturated rings. The molecule has 1 N–H and O–H groups in total. The van der Waals surface area contributed by atoms with Crippen LogP contribution in [0.3, 0.4) is 0 Å². The number of carbonyl (C=O) groups is 1. The van der Waals surface area contributed by atoms with E-state index in [1.54, 1.807) is 25.3 Å². The molecule has 1 atom stereocenters. The molecule has 24 heavy (non-hydrogen) atoms.